The molecule has 0 aromatic heterocycles. The normalized spacial score (nSPS) is 30.4. The molecule has 6 heteroatoms. The molecule has 1 saturated carbocycles. The van der Waals surface area contributed by atoms with Crippen LogP contribution in [0.3, 0.4) is 0 Å². The minimum absolute atomic E-state index is 0. The molecule has 2 saturated heterocycles. The molecule has 3 fully saturated rings. The molecule has 4 nitrogen and oxygen atoms in total. The van der Waals surface area contributed by atoms with Crippen molar-refractivity contribution in [2.45, 2.75) is 68.7 Å². The summed E-state index contributed by atoms with van der Waals surface area (Å²) in [7, 11) is 0. The minimum Gasteiger partial charge on any atom is -1.00 e. The number of ether oxygens (including phenoxy) is 1. The zero-order valence-electron chi connectivity index (χ0n) is 21.0. The molecule has 1 spiro atoms. The second-order valence-corrected chi connectivity index (χ2v) is 12.2. The van der Waals surface area contributed by atoms with E-state index < -0.39 is 0 Å². The summed E-state index contributed by atoms with van der Waals surface area (Å²) in [5, 5.41) is 2.38. The molecule has 1 amide bonds. The maximum atomic E-state index is 14.5. The van der Waals surface area contributed by atoms with Gasteiger partial charge in [0, 0.05) is 22.6 Å². The minimum atomic E-state index is -0.112. The Labute approximate surface area is 230 Å². The number of rotatable bonds is 3. The Morgan fingerprint density at radius 2 is 1.86 bits per heavy atom. The molecular formula is C30H38BrClN2O2. The van der Waals surface area contributed by atoms with Crippen LogP contribution in [0.5, 0.6) is 5.75 Å². The highest BCUT2D eigenvalue weighted by Gasteiger charge is 2.55. The molecule has 2 N–H and O–H groups in total. The number of halogens is 2. The molecule has 6 rings (SSSR count). The van der Waals surface area contributed by atoms with Gasteiger partial charge in [-0.3, -0.25) is 4.79 Å². The zero-order chi connectivity index (χ0) is 23.8. The number of nitrogens with zero attached hydrogens (tertiary/aromatic N) is 1. The quantitative estimate of drug-likeness (QED) is 0.611. The van der Waals surface area contributed by atoms with Crippen molar-refractivity contribution < 1.29 is 27.3 Å². The van der Waals surface area contributed by atoms with Crippen LogP contribution in [0.25, 0.3) is 0 Å². The number of hydrogen-bond acceptors (Lipinski definition) is 2. The van der Waals surface area contributed by atoms with Crippen LogP contribution in [-0.4, -0.2) is 43.1 Å². The number of carbonyl (C=O) groups is 1. The van der Waals surface area contributed by atoms with E-state index in [0.29, 0.717) is 30.4 Å². The van der Waals surface area contributed by atoms with Gasteiger partial charge in [0.05, 0.1) is 25.1 Å². The summed E-state index contributed by atoms with van der Waals surface area (Å²) in [6.07, 6.45) is 9.69. The van der Waals surface area contributed by atoms with Gasteiger partial charge in [0.2, 0.25) is 5.91 Å². The molecular weight excluding hydrogens is 536 g/mol. The van der Waals surface area contributed by atoms with Gasteiger partial charge in [-0.15, -0.1) is 0 Å². The number of piperidine rings is 1. The SMILES string of the molecule is O=C([C@@H]1C[NH2+]C[C@]12CCOc1cc(Br)ccc12)N1CC[C@@H](c2ccccc2)C[C@H]1C1CCCCC1.[Cl-]. The molecule has 3 heterocycles. The summed E-state index contributed by atoms with van der Waals surface area (Å²) in [5.74, 6) is 2.63. The first-order chi connectivity index (χ1) is 17.2. The van der Waals surface area contributed by atoms with Gasteiger partial charge in [0.25, 0.3) is 0 Å². The van der Waals surface area contributed by atoms with Crippen LogP contribution in [0.2, 0.25) is 0 Å². The fourth-order valence-corrected chi connectivity index (χ4v) is 8.10. The Kier molecular flexibility index (Phi) is 8.00. The van der Waals surface area contributed by atoms with E-state index >= 15 is 0 Å². The summed E-state index contributed by atoms with van der Waals surface area (Å²) >= 11 is 3.61. The van der Waals surface area contributed by atoms with Crippen molar-refractivity contribution in [3.63, 3.8) is 0 Å². The molecule has 36 heavy (non-hydrogen) atoms. The molecule has 2 aromatic rings. The van der Waals surface area contributed by atoms with E-state index in [-0.39, 0.29) is 23.7 Å². The fraction of sp³-hybridized carbons (Fsp3) is 0.567. The van der Waals surface area contributed by atoms with E-state index in [2.05, 4.69) is 74.7 Å². The van der Waals surface area contributed by atoms with Crippen LogP contribution >= 0.6 is 15.9 Å². The van der Waals surface area contributed by atoms with Crippen molar-refractivity contribution in [2.75, 3.05) is 26.2 Å². The molecule has 0 bridgehead atoms. The summed E-state index contributed by atoms with van der Waals surface area (Å²) in [6, 6.07) is 17.8. The van der Waals surface area contributed by atoms with Gasteiger partial charge >= 0.3 is 0 Å². The third-order valence-electron chi connectivity index (χ3n) is 9.55. The maximum absolute atomic E-state index is 14.5. The van der Waals surface area contributed by atoms with E-state index in [9.17, 15) is 4.79 Å². The largest absolute Gasteiger partial charge is 1.00 e. The van der Waals surface area contributed by atoms with E-state index in [0.717, 1.165) is 49.1 Å². The van der Waals surface area contributed by atoms with Crippen LogP contribution in [-0.2, 0) is 10.2 Å². The lowest BCUT2D eigenvalue weighted by Gasteiger charge is -2.47. The van der Waals surface area contributed by atoms with Crippen LogP contribution in [0.1, 0.15) is 68.4 Å². The molecule has 2 aromatic carbocycles. The lowest BCUT2D eigenvalue weighted by molar-refractivity contribution is -0.640. The van der Waals surface area contributed by atoms with Crippen molar-refractivity contribution in [1.29, 1.82) is 0 Å². The lowest BCUT2D eigenvalue weighted by atomic mass is 9.67. The van der Waals surface area contributed by atoms with Gasteiger partial charge in [0.1, 0.15) is 11.7 Å². The van der Waals surface area contributed by atoms with Crippen LogP contribution < -0.4 is 22.5 Å². The lowest BCUT2D eigenvalue weighted by Crippen LogP contribution is -3.00. The predicted octanol–water partition coefficient (Wildman–Crippen LogP) is 2.02. The van der Waals surface area contributed by atoms with Crippen LogP contribution in [0.15, 0.2) is 53.0 Å². The Balaban J connectivity index is 0.00000267. The average molecular weight is 574 g/mol. The summed E-state index contributed by atoms with van der Waals surface area (Å²) in [4.78, 5) is 16.9. The Morgan fingerprint density at radius 3 is 2.67 bits per heavy atom. The van der Waals surface area contributed by atoms with E-state index in [4.69, 9.17) is 4.74 Å². The topological polar surface area (TPSA) is 46.1 Å². The molecule has 3 aliphatic heterocycles. The van der Waals surface area contributed by atoms with Gasteiger partial charge < -0.3 is 27.4 Å². The third-order valence-corrected chi connectivity index (χ3v) is 10.0. The monoisotopic (exact) mass is 572 g/mol. The van der Waals surface area contributed by atoms with Crippen molar-refractivity contribution in [3.8, 4) is 5.75 Å². The molecule has 4 aliphatic rings. The van der Waals surface area contributed by atoms with E-state index in [1.165, 1.54) is 43.2 Å². The number of quaternary nitrogens is 1. The van der Waals surface area contributed by atoms with Crippen molar-refractivity contribution in [1.82, 2.24) is 4.90 Å². The molecule has 0 unspecified atom stereocenters. The summed E-state index contributed by atoms with van der Waals surface area (Å²) in [6.45, 7) is 3.47. The number of carbonyl (C=O) groups excluding carboxylic acids is 1. The molecule has 1 aliphatic carbocycles. The first-order valence-electron chi connectivity index (χ1n) is 13.8. The standard InChI is InChI=1S/C30H37BrN2O2.ClH/c31-24-11-12-25-28(18-24)35-16-14-30(25)20-32-19-26(30)29(34)33-15-13-23(21-7-3-1-4-8-21)17-27(33)22-9-5-2-6-10-22;/h1,3-4,7-8,11-12,18,22-23,26-27,32H,2,5-6,9-10,13-17,19-20H2;1H/t23-,26+,27+,30+;/m1./s1. The number of benzene rings is 2. The fourth-order valence-electron chi connectivity index (χ4n) is 7.76. The van der Waals surface area contributed by atoms with Crippen LogP contribution in [0.4, 0.5) is 0 Å². The zero-order valence-corrected chi connectivity index (χ0v) is 23.4. The molecule has 0 radical (unpaired) electrons. The number of fused-ring (bicyclic) bond motifs is 2. The summed E-state index contributed by atoms with van der Waals surface area (Å²) in [5.41, 5.74) is 2.58. The van der Waals surface area contributed by atoms with Gasteiger partial charge in [-0.25, -0.2) is 0 Å². The highest BCUT2D eigenvalue weighted by Crippen LogP contribution is 2.47. The molecule has 4 atom stereocenters. The van der Waals surface area contributed by atoms with E-state index in [1.807, 2.05) is 0 Å². The van der Waals surface area contributed by atoms with Crippen LogP contribution in [0, 0.1) is 11.8 Å². The molecule has 194 valence electrons. The highest BCUT2D eigenvalue weighted by atomic mass is 79.9. The number of amides is 1. The average Bonchev–Trinajstić information content (AvgIpc) is 3.32. The number of nitrogens with two attached hydrogens (primary N) is 1. The first-order valence-corrected chi connectivity index (χ1v) is 14.5. The maximum Gasteiger partial charge on any atom is 0.232 e. The second kappa shape index (κ2) is 11.0. The van der Waals surface area contributed by atoms with Gasteiger partial charge in [-0.2, -0.15) is 0 Å². The van der Waals surface area contributed by atoms with E-state index in [1.54, 1.807) is 0 Å². The second-order valence-electron chi connectivity index (χ2n) is 11.3. The van der Waals surface area contributed by atoms with Crippen molar-refractivity contribution >= 4 is 21.8 Å². The first kappa shape index (κ1) is 26.1. The third kappa shape index (κ3) is 4.72. The summed E-state index contributed by atoms with van der Waals surface area (Å²) < 4.78 is 7.12. The number of likely N-dealkylation sites (tertiary alicyclic amines) is 1. The Hall–Kier alpha value is -1.56. The number of hydrogen-bond donors (Lipinski definition) is 1. The van der Waals surface area contributed by atoms with Gasteiger partial charge in [0.15, 0.2) is 0 Å². The van der Waals surface area contributed by atoms with Crippen molar-refractivity contribution in [2.24, 2.45) is 11.8 Å². The Bertz CT molecular complexity index is 1060. The predicted molar refractivity (Wildman–Crippen MR) is 142 cm³/mol. The van der Waals surface area contributed by atoms with Crippen molar-refractivity contribution in [3.05, 3.63) is 64.1 Å². The van der Waals surface area contributed by atoms with Gasteiger partial charge in [-0.05, 0) is 61.6 Å². The highest BCUT2D eigenvalue weighted by molar-refractivity contribution is 9.10. The Morgan fingerprint density at radius 1 is 1.06 bits per heavy atom. The smallest absolute Gasteiger partial charge is 0.232 e. The van der Waals surface area contributed by atoms with Gasteiger partial charge in [-0.1, -0.05) is 71.6 Å².